The molecule has 7 heteroatoms. The summed E-state index contributed by atoms with van der Waals surface area (Å²) in [5, 5.41) is 10.5. The number of alkyl halides is 3. The highest BCUT2D eigenvalue weighted by molar-refractivity contribution is 8.00. The van der Waals surface area contributed by atoms with Crippen molar-refractivity contribution in [3.05, 3.63) is 34.3 Å². The van der Waals surface area contributed by atoms with Gasteiger partial charge in [0.1, 0.15) is 0 Å². The Bertz CT molecular complexity index is 759. The molecule has 4 rings (SSSR count). The van der Waals surface area contributed by atoms with E-state index in [2.05, 4.69) is 29.7 Å². The topological polar surface area (TPSA) is 23.5 Å². The molecular weight excluding hydrogens is 431 g/mol. The molecule has 30 heavy (non-hydrogen) atoms. The summed E-state index contributed by atoms with van der Waals surface area (Å²) in [6, 6.07) is 6.06. The van der Waals surface area contributed by atoms with Crippen LogP contribution in [0.3, 0.4) is 0 Å². The SMILES string of the molecule is C[C@H](Cc1ccc(C2CCC(O)(C(F)(F)F)CC2)c(Cl)c1)CN1CCC2(CSC2)C1. The third-order valence-electron chi connectivity index (χ3n) is 7.33. The maximum atomic E-state index is 13.0. The molecule has 2 aliphatic heterocycles. The van der Waals surface area contributed by atoms with Crippen LogP contribution in [0.2, 0.25) is 5.02 Å². The number of halogens is 4. The summed E-state index contributed by atoms with van der Waals surface area (Å²) in [7, 11) is 0. The van der Waals surface area contributed by atoms with Crippen molar-refractivity contribution in [2.24, 2.45) is 11.3 Å². The van der Waals surface area contributed by atoms with E-state index in [9.17, 15) is 18.3 Å². The van der Waals surface area contributed by atoms with Gasteiger partial charge in [-0.2, -0.15) is 24.9 Å². The van der Waals surface area contributed by atoms with Gasteiger partial charge in [-0.3, -0.25) is 0 Å². The molecule has 3 fully saturated rings. The Balaban J connectivity index is 1.31. The maximum Gasteiger partial charge on any atom is 0.417 e. The summed E-state index contributed by atoms with van der Waals surface area (Å²) in [5.41, 5.74) is 0.152. The van der Waals surface area contributed by atoms with E-state index < -0.39 is 11.8 Å². The van der Waals surface area contributed by atoms with Crippen LogP contribution in [-0.2, 0) is 6.42 Å². The van der Waals surface area contributed by atoms with Gasteiger partial charge in [0.2, 0.25) is 0 Å². The molecule has 0 aromatic heterocycles. The lowest BCUT2D eigenvalue weighted by atomic mass is 9.75. The van der Waals surface area contributed by atoms with E-state index in [-0.39, 0.29) is 18.8 Å². The Hall–Kier alpha value is -0.430. The van der Waals surface area contributed by atoms with Gasteiger partial charge in [-0.1, -0.05) is 30.7 Å². The molecule has 0 amide bonds. The predicted molar refractivity (Wildman–Crippen MR) is 117 cm³/mol. The van der Waals surface area contributed by atoms with Crippen LogP contribution in [0.15, 0.2) is 18.2 Å². The molecule has 0 bridgehead atoms. The van der Waals surface area contributed by atoms with Gasteiger partial charge in [0, 0.05) is 35.0 Å². The van der Waals surface area contributed by atoms with E-state index >= 15 is 0 Å². The monoisotopic (exact) mass is 461 g/mol. The Morgan fingerprint density at radius 3 is 2.47 bits per heavy atom. The summed E-state index contributed by atoms with van der Waals surface area (Å²) in [5.74, 6) is 3.14. The third-order valence-corrected chi connectivity index (χ3v) is 9.29. The smallest absolute Gasteiger partial charge is 0.380 e. The van der Waals surface area contributed by atoms with Crippen LogP contribution in [0.5, 0.6) is 0 Å². The average Bonchev–Trinajstić information content (AvgIpc) is 3.06. The highest BCUT2D eigenvalue weighted by Gasteiger charge is 2.54. The number of rotatable bonds is 5. The van der Waals surface area contributed by atoms with E-state index in [0.29, 0.717) is 29.2 Å². The lowest BCUT2D eigenvalue weighted by Gasteiger charge is -2.37. The zero-order valence-electron chi connectivity index (χ0n) is 17.5. The zero-order valence-corrected chi connectivity index (χ0v) is 19.1. The molecule has 1 atom stereocenters. The Labute approximate surface area is 186 Å². The minimum Gasteiger partial charge on any atom is -0.380 e. The molecular formula is C23H31ClF3NOS. The molecule has 3 aliphatic rings. The van der Waals surface area contributed by atoms with Gasteiger partial charge in [0.15, 0.2) is 5.60 Å². The molecule has 168 valence electrons. The van der Waals surface area contributed by atoms with Gasteiger partial charge in [0.05, 0.1) is 0 Å². The second kappa shape index (κ2) is 8.49. The fourth-order valence-corrected chi connectivity index (χ4v) is 7.05. The number of hydrogen-bond acceptors (Lipinski definition) is 3. The Morgan fingerprint density at radius 2 is 1.93 bits per heavy atom. The van der Waals surface area contributed by atoms with Crippen molar-refractivity contribution in [1.82, 2.24) is 4.90 Å². The molecule has 1 aromatic rings. The minimum atomic E-state index is -4.56. The quantitative estimate of drug-likeness (QED) is 0.589. The maximum absolute atomic E-state index is 13.0. The van der Waals surface area contributed by atoms with Crippen LogP contribution in [0.1, 0.15) is 56.1 Å². The highest BCUT2D eigenvalue weighted by atomic mass is 35.5. The zero-order chi connectivity index (χ0) is 21.6. The van der Waals surface area contributed by atoms with Gasteiger partial charge < -0.3 is 10.0 Å². The Kier molecular flexibility index (Phi) is 6.44. The predicted octanol–water partition coefficient (Wildman–Crippen LogP) is 5.91. The largest absolute Gasteiger partial charge is 0.417 e. The number of likely N-dealkylation sites (tertiary alicyclic amines) is 1. The second-order valence-corrected chi connectivity index (χ2v) is 11.3. The third kappa shape index (κ3) is 4.67. The van der Waals surface area contributed by atoms with Crippen molar-refractivity contribution < 1.29 is 18.3 Å². The first-order valence-corrected chi connectivity index (χ1v) is 12.5. The number of thioether (sulfide) groups is 1. The van der Waals surface area contributed by atoms with Gasteiger partial charge in [-0.15, -0.1) is 0 Å². The lowest BCUT2D eigenvalue weighted by Crippen LogP contribution is -2.47. The standard InChI is InChI=1S/C23H31ClF3NOS/c1-16(12-28-9-8-21(13-28)14-30-15-21)10-17-2-3-19(20(24)11-17)18-4-6-22(29,7-5-18)23(25,26)27/h2-3,11,16,18,29H,4-10,12-15H2,1H3/t16-,18?,22?/m1/s1. The molecule has 0 unspecified atom stereocenters. The molecule has 1 aliphatic carbocycles. The van der Waals surface area contributed by atoms with E-state index in [4.69, 9.17) is 11.6 Å². The molecule has 0 radical (unpaired) electrons. The van der Waals surface area contributed by atoms with Crippen molar-refractivity contribution in [1.29, 1.82) is 0 Å². The van der Waals surface area contributed by atoms with Crippen LogP contribution >= 0.6 is 23.4 Å². The molecule has 2 saturated heterocycles. The summed E-state index contributed by atoms with van der Waals surface area (Å²) in [4.78, 5) is 2.60. The van der Waals surface area contributed by atoms with Crippen molar-refractivity contribution >= 4 is 23.4 Å². The van der Waals surface area contributed by atoms with Gasteiger partial charge in [-0.05, 0) is 74.1 Å². The first kappa shape index (κ1) is 22.8. The normalized spacial score (nSPS) is 30.4. The first-order chi connectivity index (χ1) is 14.1. The van der Waals surface area contributed by atoms with Gasteiger partial charge in [-0.25, -0.2) is 0 Å². The van der Waals surface area contributed by atoms with Crippen LogP contribution in [0.4, 0.5) is 13.2 Å². The van der Waals surface area contributed by atoms with Crippen LogP contribution in [-0.4, -0.2) is 52.9 Å². The molecule has 1 saturated carbocycles. The molecule has 2 heterocycles. The highest BCUT2D eigenvalue weighted by Crippen LogP contribution is 2.47. The average molecular weight is 462 g/mol. The van der Waals surface area contributed by atoms with Crippen molar-refractivity contribution in [2.75, 3.05) is 31.1 Å². The van der Waals surface area contributed by atoms with E-state index in [1.54, 1.807) is 0 Å². The van der Waals surface area contributed by atoms with Gasteiger partial charge in [0.25, 0.3) is 0 Å². The van der Waals surface area contributed by atoms with Gasteiger partial charge >= 0.3 is 6.18 Å². The first-order valence-electron chi connectivity index (χ1n) is 11.0. The number of benzene rings is 1. The molecule has 2 nitrogen and oxygen atoms in total. The Morgan fingerprint density at radius 1 is 1.23 bits per heavy atom. The summed E-state index contributed by atoms with van der Waals surface area (Å²) in [6.45, 7) is 5.82. The lowest BCUT2D eigenvalue weighted by molar-refractivity contribution is -0.270. The molecule has 1 spiro atoms. The van der Waals surface area contributed by atoms with E-state index in [1.165, 1.54) is 36.6 Å². The van der Waals surface area contributed by atoms with Crippen LogP contribution in [0, 0.1) is 11.3 Å². The number of nitrogens with zero attached hydrogens (tertiary/aromatic N) is 1. The fourth-order valence-electron chi connectivity index (χ4n) is 5.44. The van der Waals surface area contributed by atoms with E-state index in [0.717, 1.165) is 18.5 Å². The van der Waals surface area contributed by atoms with E-state index in [1.807, 2.05) is 12.1 Å². The fraction of sp³-hybridized carbons (Fsp3) is 0.739. The van der Waals surface area contributed by atoms with Crippen LogP contribution in [0.25, 0.3) is 0 Å². The summed E-state index contributed by atoms with van der Waals surface area (Å²) < 4.78 is 39.1. The summed E-state index contributed by atoms with van der Waals surface area (Å²) in [6.07, 6.45) is -2.18. The van der Waals surface area contributed by atoms with Crippen molar-refractivity contribution in [3.63, 3.8) is 0 Å². The van der Waals surface area contributed by atoms with Crippen molar-refractivity contribution in [2.45, 2.75) is 63.1 Å². The minimum absolute atomic E-state index is 0.0206. The number of hydrogen-bond donors (Lipinski definition) is 1. The summed E-state index contributed by atoms with van der Waals surface area (Å²) >= 11 is 8.61. The van der Waals surface area contributed by atoms with Crippen LogP contribution < -0.4 is 0 Å². The van der Waals surface area contributed by atoms with Crippen molar-refractivity contribution in [3.8, 4) is 0 Å². The number of aliphatic hydroxyl groups is 1. The molecule has 1 aromatic carbocycles. The second-order valence-electron chi connectivity index (χ2n) is 9.95. The molecule has 1 N–H and O–H groups in total.